The maximum absolute atomic E-state index is 12.8. The van der Waals surface area contributed by atoms with Crippen LogP contribution in [0.15, 0.2) is 51.8 Å². The Kier molecular flexibility index (Phi) is 9.49. The van der Waals surface area contributed by atoms with Gasteiger partial charge in [0.2, 0.25) is 10.0 Å². The van der Waals surface area contributed by atoms with Gasteiger partial charge in [0.1, 0.15) is 5.75 Å². The number of hydrogen-bond acceptors (Lipinski definition) is 8. The highest BCUT2D eigenvalue weighted by atomic mass is 79.9. The molecule has 1 aliphatic heterocycles. The third-order valence-corrected chi connectivity index (χ3v) is 7.35. The third kappa shape index (κ3) is 7.21. The number of piperazine rings is 1. The quantitative estimate of drug-likeness (QED) is 0.303. The molecule has 14 heteroatoms. The molecule has 1 fully saturated rings. The van der Waals surface area contributed by atoms with E-state index in [1.165, 1.54) is 28.6 Å². The minimum Gasteiger partial charge on any atom is -0.496 e. The van der Waals surface area contributed by atoms with Gasteiger partial charge in [-0.1, -0.05) is 6.07 Å². The lowest BCUT2D eigenvalue weighted by Gasteiger charge is -2.34. The molecule has 3 rings (SSSR count). The molecule has 0 aliphatic carbocycles. The predicted molar refractivity (Wildman–Crippen MR) is 123 cm³/mol. The number of sulfonamides is 1. The maximum atomic E-state index is 12.8. The van der Waals surface area contributed by atoms with Gasteiger partial charge in [-0.2, -0.15) is 4.31 Å². The molecule has 34 heavy (non-hydrogen) atoms. The van der Waals surface area contributed by atoms with Crippen molar-refractivity contribution in [3.63, 3.8) is 0 Å². The Morgan fingerprint density at radius 1 is 1.06 bits per heavy atom. The molecule has 2 aromatic carbocycles. The van der Waals surface area contributed by atoms with Crippen LogP contribution >= 0.6 is 15.9 Å². The van der Waals surface area contributed by atoms with Crippen LogP contribution in [0.3, 0.4) is 0 Å². The lowest BCUT2D eigenvalue weighted by atomic mass is 10.2. The Bertz CT molecular complexity index is 1140. The normalized spacial score (nSPS) is 14.5. The van der Waals surface area contributed by atoms with E-state index in [1.54, 1.807) is 7.11 Å². The minimum absolute atomic E-state index is 0.0747. The fourth-order valence-corrected chi connectivity index (χ4v) is 5.09. The fourth-order valence-electron chi connectivity index (χ4n) is 3.08. The molecule has 0 saturated carbocycles. The topological polar surface area (TPSA) is 168 Å². The molecule has 0 radical (unpaired) electrons. The molecule has 0 atom stereocenters. The standard InChI is InChI=1S/C18H20BrN3O5S.C2H2O4/c1-27-18-7-2-14(12-17(18)19)13-20-8-10-21(11-9-20)28(25,26)16-5-3-15(4-6-16)22(23)24;3-1(4)2(5)6/h2-7,12H,8-11,13H2,1H3;(H,3,4)(H,5,6). The summed E-state index contributed by atoms with van der Waals surface area (Å²) in [4.78, 5) is 30.7. The molecule has 0 amide bonds. The van der Waals surface area contributed by atoms with Crippen LogP contribution in [0.4, 0.5) is 5.69 Å². The van der Waals surface area contributed by atoms with Gasteiger partial charge in [0.15, 0.2) is 0 Å². The van der Waals surface area contributed by atoms with Gasteiger partial charge >= 0.3 is 11.9 Å². The molecule has 0 bridgehead atoms. The number of hydrogen-bond donors (Lipinski definition) is 2. The van der Waals surface area contributed by atoms with E-state index in [2.05, 4.69) is 20.8 Å². The summed E-state index contributed by atoms with van der Waals surface area (Å²) in [5.41, 5.74) is 0.980. The fraction of sp³-hybridized carbons (Fsp3) is 0.300. The Labute approximate surface area is 203 Å². The summed E-state index contributed by atoms with van der Waals surface area (Å²) >= 11 is 3.47. The number of halogens is 1. The zero-order valence-electron chi connectivity index (χ0n) is 18.0. The summed E-state index contributed by atoms with van der Waals surface area (Å²) in [6, 6.07) is 10.9. The summed E-state index contributed by atoms with van der Waals surface area (Å²) in [5.74, 6) is -2.88. The van der Waals surface area contributed by atoms with Crippen molar-refractivity contribution >= 4 is 43.6 Å². The van der Waals surface area contributed by atoms with E-state index >= 15 is 0 Å². The highest BCUT2D eigenvalue weighted by Crippen LogP contribution is 2.26. The maximum Gasteiger partial charge on any atom is 0.414 e. The second kappa shape index (κ2) is 11.9. The molecule has 2 aromatic rings. The highest BCUT2D eigenvalue weighted by Gasteiger charge is 2.28. The number of aliphatic carboxylic acids is 2. The third-order valence-electron chi connectivity index (χ3n) is 4.82. The predicted octanol–water partition coefficient (Wildman–Crippen LogP) is 2.03. The SMILES string of the molecule is COc1ccc(CN2CCN(S(=O)(=O)c3ccc([N+](=O)[O-])cc3)CC2)cc1Br.O=C(O)C(=O)O. The number of benzene rings is 2. The van der Waals surface area contributed by atoms with Crippen LogP contribution in [0.1, 0.15) is 5.56 Å². The molecular formula is C20H22BrN3O9S. The molecule has 184 valence electrons. The number of carboxylic acid groups (broad SMARTS) is 2. The van der Waals surface area contributed by atoms with Crippen molar-refractivity contribution in [3.05, 3.63) is 62.6 Å². The molecule has 2 N–H and O–H groups in total. The van der Waals surface area contributed by atoms with E-state index in [0.29, 0.717) is 32.7 Å². The lowest BCUT2D eigenvalue weighted by Crippen LogP contribution is -2.48. The summed E-state index contributed by atoms with van der Waals surface area (Å²) < 4.78 is 33.1. The molecule has 1 aliphatic rings. The molecule has 0 spiro atoms. The van der Waals surface area contributed by atoms with Crippen molar-refractivity contribution in [1.29, 1.82) is 0 Å². The zero-order chi connectivity index (χ0) is 25.5. The van der Waals surface area contributed by atoms with Crippen LogP contribution in [0.25, 0.3) is 0 Å². The van der Waals surface area contributed by atoms with Gasteiger partial charge in [0, 0.05) is 44.9 Å². The largest absolute Gasteiger partial charge is 0.496 e. The van der Waals surface area contributed by atoms with Crippen molar-refractivity contribution in [1.82, 2.24) is 9.21 Å². The van der Waals surface area contributed by atoms with Crippen molar-refractivity contribution in [2.45, 2.75) is 11.4 Å². The summed E-state index contributed by atoms with van der Waals surface area (Å²) in [6.45, 7) is 2.67. The zero-order valence-corrected chi connectivity index (χ0v) is 20.4. The summed E-state index contributed by atoms with van der Waals surface area (Å²) in [5, 5.41) is 25.5. The highest BCUT2D eigenvalue weighted by molar-refractivity contribution is 9.10. The Morgan fingerprint density at radius 2 is 1.62 bits per heavy atom. The first-order chi connectivity index (χ1) is 15.9. The Morgan fingerprint density at radius 3 is 2.06 bits per heavy atom. The van der Waals surface area contributed by atoms with Gasteiger partial charge in [-0.05, 0) is 45.8 Å². The molecular weight excluding hydrogens is 538 g/mol. The van der Waals surface area contributed by atoms with Crippen LogP contribution in [-0.2, 0) is 26.2 Å². The molecule has 12 nitrogen and oxygen atoms in total. The monoisotopic (exact) mass is 559 g/mol. The van der Waals surface area contributed by atoms with Crippen LogP contribution in [0.5, 0.6) is 5.75 Å². The number of methoxy groups -OCH3 is 1. The van der Waals surface area contributed by atoms with Crippen LogP contribution in [0, 0.1) is 10.1 Å². The number of carboxylic acids is 2. The van der Waals surface area contributed by atoms with Gasteiger partial charge in [0.05, 0.1) is 21.4 Å². The van der Waals surface area contributed by atoms with Crippen LogP contribution < -0.4 is 4.74 Å². The Balaban J connectivity index is 0.000000604. The number of nitro benzene ring substituents is 1. The number of ether oxygens (including phenoxy) is 1. The lowest BCUT2D eigenvalue weighted by molar-refractivity contribution is -0.384. The van der Waals surface area contributed by atoms with Crippen LogP contribution in [0.2, 0.25) is 0 Å². The number of nitro groups is 1. The summed E-state index contributed by atoms with van der Waals surface area (Å²) in [7, 11) is -2.04. The van der Waals surface area contributed by atoms with Gasteiger partial charge in [-0.3, -0.25) is 15.0 Å². The molecule has 1 saturated heterocycles. The average molecular weight is 560 g/mol. The second-order valence-electron chi connectivity index (χ2n) is 7.01. The van der Waals surface area contributed by atoms with Crippen molar-refractivity contribution in [2.24, 2.45) is 0 Å². The number of carbonyl (C=O) groups is 2. The van der Waals surface area contributed by atoms with E-state index in [4.69, 9.17) is 24.5 Å². The minimum atomic E-state index is -3.66. The first-order valence-corrected chi connectivity index (χ1v) is 11.9. The van der Waals surface area contributed by atoms with Gasteiger partial charge in [-0.25, -0.2) is 18.0 Å². The summed E-state index contributed by atoms with van der Waals surface area (Å²) in [6.07, 6.45) is 0. The number of rotatable bonds is 6. The number of nitrogens with zero attached hydrogens (tertiary/aromatic N) is 3. The van der Waals surface area contributed by atoms with E-state index in [0.717, 1.165) is 15.8 Å². The number of non-ortho nitro benzene ring substituents is 1. The van der Waals surface area contributed by atoms with E-state index in [-0.39, 0.29) is 10.6 Å². The molecule has 0 aromatic heterocycles. The van der Waals surface area contributed by atoms with E-state index in [9.17, 15) is 18.5 Å². The van der Waals surface area contributed by atoms with E-state index in [1.807, 2.05) is 18.2 Å². The second-order valence-corrected chi connectivity index (χ2v) is 9.80. The van der Waals surface area contributed by atoms with Gasteiger partial charge < -0.3 is 14.9 Å². The first kappa shape index (κ1) is 27.2. The molecule has 1 heterocycles. The van der Waals surface area contributed by atoms with Crippen LogP contribution in [-0.4, -0.2) is 78.0 Å². The molecule has 0 unspecified atom stereocenters. The van der Waals surface area contributed by atoms with Crippen molar-refractivity contribution in [2.75, 3.05) is 33.3 Å². The first-order valence-electron chi connectivity index (χ1n) is 9.71. The van der Waals surface area contributed by atoms with E-state index < -0.39 is 26.9 Å². The van der Waals surface area contributed by atoms with Gasteiger partial charge in [-0.15, -0.1) is 0 Å². The smallest absolute Gasteiger partial charge is 0.414 e. The Hall–Kier alpha value is -3.07. The van der Waals surface area contributed by atoms with Crippen molar-refractivity contribution in [3.8, 4) is 5.75 Å². The average Bonchev–Trinajstić information content (AvgIpc) is 2.80. The van der Waals surface area contributed by atoms with Crippen molar-refractivity contribution < 1.29 is 37.9 Å². The van der Waals surface area contributed by atoms with Gasteiger partial charge in [0.25, 0.3) is 5.69 Å².